The zero-order chi connectivity index (χ0) is 21.9. The number of carboxylic acids is 1. The van der Waals surface area contributed by atoms with Gasteiger partial charge in [-0.25, -0.2) is 8.42 Å². The molecule has 0 aromatic heterocycles. The van der Waals surface area contributed by atoms with Crippen LogP contribution in [0.1, 0.15) is 20.7 Å². The van der Waals surface area contributed by atoms with Gasteiger partial charge in [0.05, 0.1) is 20.2 Å². The first-order valence-electron chi connectivity index (χ1n) is 9.11. The molecule has 9 nitrogen and oxygen atoms in total. The number of methoxy groups -OCH3 is 2. The Morgan fingerprint density at radius 1 is 0.900 bits per heavy atom. The van der Waals surface area contributed by atoms with Gasteiger partial charge in [0.2, 0.25) is 10.0 Å². The normalized spacial score (nSPS) is 14.9. The summed E-state index contributed by atoms with van der Waals surface area (Å²) >= 11 is 0. The second-order valence-electron chi connectivity index (χ2n) is 6.58. The van der Waals surface area contributed by atoms with E-state index in [1.54, 1.807) is 6.07 Å². The number of nitrogens with zero attached hydrogens (tertiary/aromatic N) is 2. The summed E-state index contributed by atoms with van der Waals surface area (Å²) in [5.74, 6) is -1.01. The van der Waals surface area contributed by atoms with Gasteiger partial charge in [0.25, 0.3) is 5.91 Å². The Morgan fingerprint density at radius 3 is 2.03 bits per heavy atom. The maximum absolute atomic E-state index is 13.1. The molecule has 3 rings (SSSR count). The average Bonchev–Trinajstić information content (AvgIpc) is 2.78. The Kier molecular flexibility index (Phi) is 6.28. The Bertz CT molecular complexity index is 1040. The number of carbonyl (C=O) groups is 2. The van der Waals surface area contributed by atoms with Crippen LogP contribution in [0.3, 0.4) is 0 Å². The third-order valence-corrected chi connectivity index (χ3v) is 6.80. The van der Waals surface area contributed by atoms with Crippen molar-refractivity contribution in [3.8, 4) is 11.5 Å². The van der Waals surface area contributed by atoms with E-state index in [2.05, 4.69) is 0 Å². The summed E-state index contributed by atoms with van der Waals surface area (Å²) < 4.78 is 37.8. The number of carboxylic acid groups (broad SMARTS) is 1. The Morgan fingerprint density at radius 2 is 1.50 bits per heavy atom. The highest BCUT2D eigenvalue weighted by Crippen LogP contribution is 2.31. The van der Waals surface area contributed by atoms with Gasteiger partial charge in [0.1, 0.15) is 16.4 Å². The lowest BCUT2D eigenvalue weighted by Gasteiger charge is -2.34. The summed E-state index contributed by atoms with van der Waals surface area (Å²) in [6.45, 7) is 0.635. The lowest BCUT2D eigenvalue weighted by atomic mass is 10.1. The van der Waals surface area contributed by atoms with Crippen LogP contribution in [-0.2, 0) is 10.0 Å². The number of piperazine rings is 1. The molecule has 160 valence electrons. The minimum atomic E-state index is -3.85. The van der Waals surface area contributed by atoms with Gasteiger partial charge in [-0.15, -0.1) is 0 Å². The molecule has 0 saturated carbocycles. The Balaban J connectivity index is 1.73. The van der Waals surface area contributed by atoms with Crippen LogP contribution < -0.4 is 14.6 Å². The van der Waals surface area contributed by atoms with E-state index in [0.717, 1.165) is 0 Å². The molecule has 2 aromatic rings. The second-order valence-corrected chi connectivity index (χ2v) is 8.48. The zero-order valence-corrected chi connectivity index (χ0v) is 17.3. The number of sulfonamides is 1. The smallest absolute Gasteiger partial charge is 0.253 e. The van der Waals surface area contributed by atoms with Crippen molar-refractivity contribution in [1.82, 2.24) is 9.21 Å². The summed E-state index contributed by atoms with van der Waals surface area (Å²) in [7, 11) is -1.01. The van der Waals surface area contributed by atoms with Crippen molar-refractivity contribution >= 4 is 21.9 Å². The van der Waals surface area contributed by atoms with Gasteiger partial charge < -0.3 is 24.3 Å². The number of hydrogen-bond donors (Lipinski definition) is 0. The minimum Gasteiger partial charge on any atom is -0.545 e. The van der Waals surface area contributed by atoms with Crippen molar-refractivity contribution in [2.75, 3.05) is 40.4 Å². The monoisotopic (exact) mass is 433 g/mol. The molecule has 30 heavy (non-hydrogen) atoms. The third-order valence-electron chi connectivity index (χ3n) is 4.88. The van der Waals surface area contributed by atoms with Gasteiger partial charge in [-0.2, -0.15) is 4.31 Å². The van der Waals surface area contributed by atoms with Gasteiger partial charge in [-0.3, -0.25) is 4.79 Å². The highest BCUT2D eigenvalue weighted by molar-refractivity contribution is 7.89. The van der Waals surface area contributed by atoms with Gasteiger partial charge in [-0.05, 0) is 29.8 Å². The van der Waals surface area contributed by atoms with E-state index in [1.165, 1.54) is 59.8 Å². The summed E-state index contributed by atoms with van der Waals surface area (Å²) in [5, 5.41) is 10.8. The quantitative estimate of drug-likeness (QED) is 0.639. The maximum Gasteiger partial charge on any atom is 0.253 e. The Labute approximate surface area is 174 Å². The molecule has 1 aliphatic rings. The summed E-state index contributed by atoms with van der Waals surface area (Å²) in [6, 6.07) is 9.98. The van der Waals surface area contributed by atoms with Crippen LogP contribution in [0.5, 0.6) is 11.5 Å². The van der Waals surface area contributed by atoms with Crippen molar-refractivity contribution in [2.45, 2.75) is 4.90 Å². The number of benzene rings is 2. The predicted octanol–water partition coefficient (Wildman–Crippen LogP) is 0.214. The van der Waals surface area contributed by atoms with E-state index in [4.69, 9.17) is 9.47 Å². The molecule has 1 heterocycles. The van der Waals surface area contributed by atoms with E-state index < -0.39 is 16.0 Å². The standard InChI is InChI=1S/C20H22N2O7S/c1-28-16-7-8-17(29-2)18(13-16)30(26,27)22-11-9-21(10-12-22)19(23)14-3-5-15(6-4-14)20(24)25/h3-8,13H,9-12H2,1-2H3,(H,24,25)/p-1. The number of rotatable bonds is 6. The zero-order valence-electron chi connectivity index (χ0n) is 16.5. The highest BCUT2D eigenvalue weighted by atomic mass is 32.2. The molecule has 10 heteroatoms. The van der Waals surface area contributed by atoms with Crippen LogP contribution in [0.25, 0.3) is 0 Å². The van der Waals surface area contributed by atoms with Crippen LogP contribution in [0, 0.1) is 0 Å². The molecule has 1 fully saturated rings. The van der Waals surface area contributed by atoms with Crippen molar-refractivity contribution in [3.05, 3.63) is 53.6 Å². The summed E-state index contributed by atoms with van der Waals surface area (Å²) in [5.41, 5.74) is 0.306. The van der Waals surface area contributed by atoms with Gasteiger partial charge in [0, 0.05) is 37.8 Å². The highest BCUT2D eigenvalue weighted by Gasteiger charge is 2.32. The van der Waals surface area contributed by atoms with E-state index >= 15 is 0 Å². The van der Waals surface area contributed by atoms with Crippen LogP contribution in [0.4, 0.5) is 0 Å². The van der Waals surface area contributed by atoms with Crippen LogP contribution in [0.15, 0.2) is 47.4 Å². The van der Waals surface area contributed by atoms with Gasteiger partial charge in [-0.1, -0.05) is 12.1 Å². The minimum absolute atomic E-state index is 0.00185. The second kappa shape index (κ2) is 8.72. The Hall–Kier alpha value is -3.11. The third kappa shape index (κ3) is 4.24. The summed E-state index contributed by atoms with van der Waals surface area (Å²) in [4.78, 5) is 25.0. The van der Waals surface area contributed by atoms with Gasteiger partial charge >= 0.3 is 0 Å². The number of aromatic carboxylic acids is 1. The molecule has 0 radical (unpaired) electrons. The molecule has 2 aromatic carbocycles. The van der Waals surface area contributed by atoms with E-state index in [0.29, 0.717) is 11.3 Å². The van der Waals surface area contributed by atoms with Crippen molar-refractivity contribution in [2.24, 2.45) is 0 Å². The van der Waals surface area contributed by atoms with Crippen LogP contribution in [-0.4, -0.2) is 69.9 Å². The average molecular weight is 433 g/mol. The molecular weight excluding hydrogens is 412 g/mol. The molecule has 0 aliphatic carbocycles. The molecule has 0 spiro atoms. The molecule has 0 N–H and O–H groups in total. The fourth-order valence-electron chi connectivity index (χ4n) is 3.19. The lowest BCUT2D eigenvalue weighted by Crippen LogP contribution is -2.50. The van der Waals surface area contributed by atoms with Crippen molar-refractivity contribution in [3.63, 3.8) is 0 Å². The molecule has 1 amide bonds. The first-order chi connectivity index (χ1) is 14.3. The first-order valence-corrected chi connectivity index (χ1v) is 10.5. The molecule has 1 saturated heterocycles. The molecular formula is C20H21N2O7S-. The maximum atomic E-state index is 13.1. The largest absolute Gasteiger partial charge is 0.545 e. The van der Waals surface area contributed by atoms with E-state index in [1.807, 2.05) is 0 Å². The number of ether oxygens (including phenoxy) is 2. The van der Waals surface area contributed by atoms with Crippen LogP contribution >= 0.6 is 0 Å². The number of amides is 1. The fraction of sp³-hybridized carbons (Fsp3) is 0.300. The van der Waals surface area contributed by atoms with Crippen LogP contribution in [0.2, 0.25) is 0 Å². The first kappa shape index (κ1) is 21.6. The van der Waals surface area contributed by atoms with Crippen molar-refractivity contribution in [1.29, 1.82) is 0 Å². The lowest BCUT2D eigenvalue weighted by molar-refractivity contribution is -0.255. The number of carbonyl (C=O) groups excluding carboxylic acids is 2. The topological polar surface area (TPSA) is 116 Å². The fourth-order valence-corrected chi connectivity index (χ4v) is 4.78. The van der Waals surface area contributed by atoms with E-state index in [-0.39, 0.29) is 48.3 Å². The van der Waals surface area contributed by atoms with E-state index in [9.17, 15) is 23.1 Å². The SMILES string of the molecule is COc1ccc(OC)c(S(=O)(=O)N2CCN(C(=O)c3ccc(C(=O)[O-])cc3)CC2)c1. The molecule has 1 aliphatic heterocycles. The predicted molar refractivity (Wildman–Crippen MR) is 105 cm³/mol. The summed E-state index contributed by atoms with van der Waals surface area (Å²) in [6.07, 6.45) is 0. The van der Waals surface area contributed by atoms with Crippen molar-refractivity contribution < 1.29 is 32.6 Å². The van der Waals surface area contributed by atoms with Gasteiger partial charge in [0.15, 0.2) is 0 Å². The molecule has 0 atom stereocenters. The molecule has 0 unspecified atom stereocenters. The number of hydrogen-bond acceptors (Lipinski definition) is 7. The molecule has 0 bridgehead atoms.